The van der Waals surface area contributed by atoms with Crippen LogP contribution in [0.3, 0.4) is 0 Å². The second-order valence-corrected chi connectivity index (χ2v) is 5.25. The predicted molar refractivity (Wildman–Crippen MR) is 78.7 cm³/mol. The molecule has 1 amide bonds. The van der Waals surface area contributed by atoms with Crippen LogP contribution in [-0.2, 0) is 4.79 Å². The molecular weight excluding hydrogens is 311 g/mol. The fourth-order valence-corrected chi connectivity index (χ4v) is 2.35. The standard InChI is InChI=1S/C16H18F3NO3/c1-3-6-20(10-16(17,18)19)15(21)11(2)12-4-5-13-14(9-12)23-8-7-22-13/h3-5,9,11H,1,6-8,10H2,2H3/t11-/m1/s1. The number of halogens is 3. The van der Waals surface area contributed by atoms with Crippen LogP contribution in [-0.4, -0.2) is 43.3 Å². The van der Waals surface area contributed by atoms with Crippen molar-refractivity contribution in [3.05, 3.63) is 36.4 Å². The molecule has 0 saturated heterocycles. The van der Waals surface area contributed by atoms with Crippen molar-refractivity contribution in [3.63, 3.8) is 0 Å². The van der Waals surface area contributed by atoms with Crippen LogP contribution in [0.1, 0.15) is 18.4 Å². The Labute approximate surface area is 132 Å². The van der Waals surface area contributed by atoms with Crippen molar-refractivity contribution in [1.29, 1.82) is 0 Å². The van der Waals surface area contributed by atoms with E-state index >= 15 is 0 Å². The lowest BCUT2D eigenvalue weighted by Crippen LogP contribution is -2.41. The molecule has 1 aliphatic rings. The number of benzene rings is 1. The third-order valence-corrected chi connectivity index (χ3v) is 3.47. The molecule has 1 aromatic carbocycles. The van der Waals surface area contributed by atoms with Crippen LogP contribution in [0, 0.1) is 0 Å². The van der Waals surface area contributed by atoms with E-state index in [2.05, 4.69) is 6.58 Å². The van der Waals surface area contributed by atoms with Gasteiger partial charge in [-0.2, -0.15) is 13.2 Å². The second kappa shape index (κ2) is 6.93. The Bertz CT molecular complexity index is 586. The van der Waals surface area contributed by atoms with Gasteiger partial charge in [0.25, 0.3) is 0 Å². The molecule has 1 atom stereocenters. The van der Waals surface area contributed by atoms with E-state index in [-0.39, 0.29) is 6.54 Å². The number of hydrogen-bond donors (Lipinski definition) is 0. The maximum absolute atomic E-state index is 12.6. The summed E-state index contributed by atoms with van der Waals surface area (Å²) in [7, 11) is 0. The average Bonchev–Trinajstić information content (AvgIpc) is 2.51. The van der Waals surface area contributed by atoms with E-state index < -0.39 is 24.5 Å². The Morgan fingerprint density at radius 3 is 2.61 bits per heavy atom. The van der Waals surface area contributed by atoms with Gasteiger partial charge in [-0.15, -0.1) is 6.58 Å². The van der Waals surface area contributed by atoms with Crippen molar-refractivity contribution < 1.29 is 27.4 Å². The summed E-state index contributed by atoms with van der Waals surface area (Å²) in [6, 6.07) is 4.96. The fraction of sp³-hybridized carbons (Fsp3) is 0.438. The smallest absolute Gasteiger partial charge is 0.406 e. The molecule has 7 heteroatoms. The van der Waals surface area contributed by atoms with Gasteiger partial charge in [-0.25, -0.2) is 0 Å². The Morgan fingerprint density at radius 2 is 2.00 bits per heavy atom. The van der Waals surface area contributed by atoms with Gasteiger partial charge in [0.05, 0.1) is 5.92 Å². The number of hydrogen-bond acceptors (Lipinski definition) is 3. The average molecular weight is 329 g/mol. The van der Waals surface area contributed by atoms with E-state index in [0.717, 1.165) is 4.90 Å². The molecule has 23 heavy (non-hydrogen) atoms. The molecule has 1 aliphatic heterocycles. The van der Waals surface area contributed by atoms with Gasteiger partial charge in [0, 0.05) is 6.54 Å². The van der Waals surface area contributed by atoms with Crippen molar-refractivity contribution in [2.45, 2.75) is 19.0 Å². The Kier molecular flexibility index (Phi) is 5.18. The van der Waals surface area contributed by atoms with Gasteiger partial charge in [-0.05, 0) is 24.6 Å². The first-order valence-electron chi connectivity index (χ1n) is 7.18. The van der Waals surface area contributed by atoms with Gasteiger partial charge in [0.1, 0.15) is 19.8 Å². The lowest BCUT2D eigenvalue weighted by Gasteiger charge is -2.26. The minimum atomic E-state index is -4.45. The van der Waals surface area contributed by atoms with Gasteiger partial charge in [0.2, 0.25) is 5.91 Å². The number of carbonyl (C=O) groups excluding carboxylic acids is 1. The number of nitrogens with zero attached hydrogens (tertiary/aromatic N) is 1. The molecule has 0 aliphatic carbocycles. The summed E-state index contributed by atoms with van der Waals surface area (Å²) in [4.78, 5) is 13.1. The monoisotopic (exact) mass is 329 g/mol. The van der Waals surface area contributed by atoms with Crippen LogP contribution in [0.5, 0.6) is 11.5 Å². The maximum atomic E-state index is 12.6. The largest absolute Gasteiger partial charge is 0.486 e. The summed E-state index contributed by atoms with van der Waals surface area (Å²) in [5.41, 5.74) is 0.579. The second-order valence-electron chi connectivity index (χ2n) is 5.25. The number of rotatable bonds is 5. The van der Waals surface area contributed by atoms with Crippen molar-refractivity contribution in [2.24, 2.45) is 0 Å². The summed E-state index contributed by atoms with van der Waals surface area (Å²) >= 11 is 0. The normalized spacial score (nSPS) is 15.0. The molecule has 0 aromatic heterocycles. The van der Waals surface area contributed by atoms with E-state index in [4.69, 9.17) is 9.47 Å². The SMILES string of the molecule is C=CCN(CC(F)(F)F)C(=O)[C@H](C)c1ccc2c(c1)OCCO2. The molecule has 0 saturated carbocycles. The molecule has 0 bridgehead atoms. The Morgan fingerprint density at radius 1 is 1.35 bits per heavy atom. The zero-order valence-corrected chi connectivity index (χ0v) is 12.7. The maximum Gasteiger partial charge on any atom is 0.406 e. The Hall–Kier alpha value is -2.18. The van der Waals surface area contributed by atoms with Crippen LogP contribution in [0.2, 0.25) is 0 Å². The van der Waals surface area contributed by atoms with Crippen molar-refractivity contribution in [3.8, 4) is 11.5 Å². The van der Waals surface area contributed by atoms with Crippen LogP contribution < -0.4 is 9.47 Å². The highest BCUT2D eigenvalue weighted by atomic mass is 19.4. The molecule has 0 N–H and O–H groups in total. The molecule has 1 aromatic rings. The zero-order valence-electron chi connectivity index (χ0n) is 12.7. The lowest BCUT2D eigenvalue weighted by molar-refractivity contribution is -0.160. The van der Waals surface area contributed by atoms with Crippen molar-refractivity contribution in [1.82, 2.24) is 4.90 Å². The molecule has 2 rings (SSSR count). The lowest BCUT2D eigenvalue weighted by atomic mass is 9.99. The third-order valence-electron chi connectivity index (χ3n) is 3.47. The summed E-state index contributed by atoms with van der Waals surface area (Å²) in [5, 5.41) is 0. The molecule has 4 nitrogen and oxygen atoms in total. The minimum absolute atomic E-state index is 0.159. The highest BCUT2D eigenvalue weighted by Crippen LogP contribution is 2.33. The number of ether oxygens (including phenoxy) is 2. The van der Waals surface area contributed by atoms with Crippen molar-refractivity contribution in [2.75, 3.05) is 26.3 Å². The first kappa shape index (κ1) is 17.2. The first-order chi connectivity index (χ1) is 10.8. The summed E-state index contributed by atoms with van der Waals surface area (Å²) in [6.45, 7) is 4.36. The fourth-order valence-electron chi connectivity index (χ4n) is 2.35. The van der Waals surface area contributed by atoms with Crippen LogP contribution in [0.15, 0.2) is 30.9 Å². The summed E-state index contributed by atoms with van der Waals surface area (Å²) in [5.74, 6) is -0.274. The van der Waals surface area contributed by atoms with Gasteiger partial charge in [0.15, 0.2) is 11.5 Å². The topological polar surface area (TPSA) is 38.8 Å². The molecule has 126 valence electrons. The first-order valence-corrected chi connectivity index (χ1v) is 7.18. The predicted octanol–water partition coefficient (Wildman–Crippen LogP) is 3.14. The molecule has 1 heterocycles. The van der Waals surface area contributed by atoms with Crippen molar-refractivity contribution >= 4 is 5.91 Å². The molecule has 0 unspecified atom stereocenters. The van der Waals surface area contributed by atoms with E-state index in [0.29, 0.717) is 30.3 Å². The highest BCUT2D eigenvalue weighted by molar-refractivity contribution is 5.83. The van der Waals surface area contributed by atoms with Crippen LogP contribution in [0.4, 0.5) is 13.2 Å². The molecule has 0 fully saturated rings. The molecular formula is C16H18F3NO3. The minimum Gasteiger partial charge on any atom is -0.486 e. The zero-order chi connectivity index (χ0) is 17.0. The Balaban J connectivity index is 2.18. The third kappa shape index (κ3) is 4.40. The molecule has 0 radical (unpaired) electrons. The van der Waals surface area contributed by atoms with E-state index in [9.17, 15) is 18.0 Å². The summed E-state index contributed by atoms with van der Waals surface area (Å²) < 4.78 is 48.7. The van der Waals surface area contributed by atoms with E-state index in [1.165, 1.54) is 6.08 Å². The van der Waals surface area contributed by atoms with Crippen LogP contribution >= 0.6 is 0 Å². The van der Waals surface area contributed by atoms with Crippen LogP contribution in [0.25, 0.3) is 0 Å². The summed E-state index contributed by atoms with van der Waals surface area (Å²) in [6.07, 6.45) is -3.18. The molecule has 0 spiro atoms. The number of amides is 1. The van der Waals surface area contributed by atoms with E-state index in [1.54, 1.807) is 25.1 Å². The van der Waals surface area contributed by atoms with Gasteiger partial charge in [-0.3, -0.25) is 4.79 Å². The van der Waals surface area contributed by atoms with E-state index in [1.807, 2.05) is 0 Å². The van der Waals surface area contributed by atoms with Gasteiger partial charge >= 0.3 is 6.18 Å². The highest BCUT2D eigenvalue weighted by Gasteiger charge is 2.34. The number of carbonyl (C=O) groups is 1. The quantitative estimate of drug-likeness (QED) is 0.779. The number of fused-ring (bicyclic) bond motifs is 1. The van der Waals surface area contributed by atoms with Gasteiger partial charge < -0.3 is 14.4 Å². The van der Waals surface area contributed by atoms with Gasteiger partial charge in [-0.1, -0.05) is 12.1 Å². The number of alkyl halides is 3.